The minimum atomic E-state index is 0.0662. The molecule has 0 aliphatic heterocycles. The van der Waals surface area contributed by atoms with Crippen LogP contribution in [0.4, 0.5) is 0 Å². The number of benzene rings is 1. The Hall–Kier alpha value is -0.540. The van der Waals surface area contributed by atoms with Crippen molar-refractivity contribution < 1.29 is 4.79 Å². The van der Waals surface area contributed by atoms with Gasteiger partial charge in [-0.1, -0.05) is 18.1 Å². The maximum atomic E-state index is 12.3. The van der Waals surface area contributed by atoms with E-state index in [1.54, 1.807) is 4.90 Å². The molecule has 4 heteroatoms. The zero-order valence-corrected chi connectivity index (χ0v) is 13.2. The molecule has 0 unspecified atom stereocenters. The van der Waals surface area contributed by atoms with Gasteiger partial charge in [0.05, 0.1) is 5.56 Å². The fraction of sp³-hybridized carbons (Fsp3) is 0.500. The number of hydrogen-bond donors (Lipinski definition) is 0. The standard InChI is InChI=1S/C14H19BrClNO/c1-11-6-7-13(15)12(10-11)14(18)17(2)9-5-3-4-8-16/h6-7,10H,3-5,8-9H2,1-2H3. The molecule has 2 nitrogen and oxygen atoms in total. The third kappa shape index (κ3) is 4.62. The van der Waals surface area contributed by atoms with Crippen molar-refractivity contribution in [2.75, 3.05) is 19.5 Å². The second-order valence-corrected chi connectivity index (χ2v) is 5.69. The topological polar surface area (TPSA) is 20.3 Å². The van der Waals surface area contributed by atoms with Crippen molar-refractivity contribution >= 4 is 33.4 Å². The molecule has 0 radical (unpaired) electrons. The fourth-order valence-electron chi connectivity index (χ4n) is 1.73. The van der Waals surface area contributed by atoms with E-state index in [1.807, 2.05) is 32.2 Å². The lowest BCUT2D eigenvalue weighted by atomic mass is 10.1. The van der Waals surface area contributed by atoms with Crippen molar-refractivity contribution in [2.45, 2.75) is 26.2 Å². The van der Waals surface area contributed by atoms with E-state index in [0.29, 0.717) is 5.88 Å². The Kier molecular flexibility index (Phi) is 6.72. The molecule has 1 aromatic rings. The number of hydrogen-bond acceptors (Lipinski definition) is 1. The maximum absolute atomic E-state index is 12.3. The zero-order valence-electron chi connectivity index (χ0n) is 10.9. The molecule has 0 aliphatic carbocycles. The first kappa shape index (κ1) is 15.5. The Morgan fingerprint density at radius 2 is 2.06 bits per heavy atom. The number of amides is 1. The van der Waals surface area contributed by atoms with E-state index in [9.17, 15) is 4.79 Å². The van der Waals surface area contributed by atoms with Crippen LogP contribution >= 0.6 is 27.5 Å². The summed E-state index contributed by atoms with van der Waals surface area (Å²) in [7, 11) is 1.85. The van der Waals surface area contributed by atoms with Gasteiger partial charge in [-0.05, 0) is 47.8 Å². The minimum Gasteiger partial charge on any atom is -0.342 e. The number of carbonyl (C=O) groups is 1. The first-order chi connectivity index (χ1) is 8.56. The summed E-state index contributed by atoms with van der Waals surface area (Å²) in [6, 6.07) is 5.83. The number of nitrogens with zero attached hydrogens (tertiary/aromatic N) is 1. The van der Waals surface area contributed by atoms with Gasteiger partial charge < -0.3 is 4.90 Å². The van der Waals surface area contributed by atoms with Crippen LogP contribution < -0.4 is 0 Å². The Balaban J connectivity index is 2.60. The van der Waals surface area contributed by atoms with Gasteiger partial charge in [-0.3, -0.25) is 4.79 Å². The first-order valence-corrected chi connectivity index (χ1v) is 7.46. The molecule has 0 heterocycles. The molecule has 0 bridgehead atoms. The molecular weight excluding hydrogens is 314 g/mol. The summed E-state index contributed by atoms with van der Waals surface area (Å²) in [5.41, 5.74) is 1.83. The molecule has 0 aliphatic rings. The molecule has 1 aromatic carbocycles. The van der Waals surface area contributed by atoms with Gasteiger partial charge in [0.2, 0.25) is 0 Å². The van der Waals surface area contributed by atoms with Crippen molar-refractivity contribution in [3.63, 3.8) is 0 Å². The number of unbranched alkanes of at least 4 members (excludes halogenated alkanes) is 2. The number of alkyl halides is 1. The van der Waals surface area contributed by atoms with E-state index < -0.39 is 0 Å². The van der Waals surface area contributed by atoms with Crippen molar-refractivity contribution in [1.29, 1.82) is 0 Å². The molecule has 0 fully saturated rings. The van der Waals surface area contributed by atoms with Gasteiger partial charge in [-0.15, -0.1) is 11.6 Å². The van der Waals surface area contributed by atoms with Gasteiger partial charge in [0, 0.05) is 23.9 Å². The minimum absolute atomic E-state index is 0.0662. The van der Waals surface area contributed by atoms with E-state index in [0.717, 1.165) is 41.4 Å². The molecule has 1 amide bonds. The average Bonchev–Trinajstić information content (AvgIpc) is 2.36. The van der Waals surface area contributed by atoms with Gasteiger partial charge in [-0.25, -0.2) is 0 Å². The van der Waals surface area contributed by atoms with Crippen LogP contribution in [0.2, 0.25) is 0 Å². The number of rotatable bonds is 6. The lowest BCUT2D eigenvalue weighted by Crippen LogP contribution is -2.28. The SMILES string of the molecule is Cc1ccc(Br)c(C(=O)N(C)CCCCCCl)c1. The van der Waals surface area contributed by atoms with Crippen LogP contribution in [0, 0.1) is 6.92 Å². The van der Waals surface area contributed by atoms with Gasteiger partial charge >= 0.3 is 0 Å². The van der Waals surface area contributed by atoms with Crippen LogP contribution in [0.5, 0.6) is 0 Å². The van der Waals surface area contributed by atoms with E-state index >= 15 is 0 Å². The summed E-state index contributed by atoms with van der Waals surface area (Å²) in [4.78, 5) is 14.0. The summed E-state index contributed by atoms with van der Waals surface area (Å²) in [5.74, 6) is 0.762. The largest absolute Gasteiger partial charge is 0.342 e. The molecule has 18 heavy (non-hydrogen) atoms. The molecule has 1 rings (SSSR count). The van der Waals surface area contributed by atoms with Gasteiger partial charge in [-0.2, -0.15) is 0 Å². The maximum Gasteiger partial charge on any atom is 0.254 e. The fourth-order valence-corrected chi connectivity index (χ4v) is 2.34. The van der Waals surface area contributed by atoms with Gasteiger partial charge in [0.25, 0.3) is 5.91 Å². The molecule has 0 spiro atoms. The summed E-state index contributed by atoms with van der Waals surface area (Å²) in [6.45, 7) is 2.76. The number of carbonyl (C=O) groups excluding carboxylic acids is 1. The van der Waals surface area contributed by atoms with Crippen molar-refractivity contribution in [1.82, 2.24) is 4.90 Å². The Morgan fingerprint density at radius 1 is 1.33 bits per heavy atom. The lowest BCUT2D eigenvalue weighted by Gasteiger charge is -2.18. The Bertz CT molecular complexity index is 409. The van der Waals surface area contributed by atoms with Crippen LogP contribution in [0.15, 0.2) is 22.7 Å². The van der Waals surface area contributed by atoms with Crippen molar-refractivity contribution in [3.8, 4) is 0 Å². The second kappa shape index (κ2) is 7.80. The van der Waals surface area contributed by atoms with E-state index in [-0.39, 0.29) is 5.91 Å². The summed E-state index contributed by atoms with van der Waals surface area (Å²) < 4.78 is 0.853. The summed E-state index contributed by atoms with van der Waals surface area (Å²) >= 11 is 9.05. The zero-order chi connectivity index (χ0) is 13.5. The van der Waals surface area contributed by atoms with Crippen LogP contribution in [0.3, 0.4) is 0 Å². The molecular formula is C14H19BrClNO. The highest BCUT2D eigenvalue weighted by molar-refractivity contribution is 9.10. The first-order valence-electron chi connectivity index (χ1n) is 6.14. The van der Waals surface area contributed by atoms with Crippen molar-refractivity contribution in [3.05, 3.63) is 33.8 Å². The van der Waals surface area contributed by atoms with Crippen LogP contribution in [0.1, 0.15) is 35.2 Å². The van der Waals surface area contributed by atoms with E-state index in [1.165, 1.54) is 0 Å². The van der Waals surface area contributed by atoms with Crippen LogP contribution in [-0.4, -0.2) is 30.3 Å². The molecule has 100 valence electrons. The molecule has 0 atom stereocenters. The van der Waals surface area contributed by atoms with E-state index in [2.05, 4.69) is 15.9 Å². The molecule has 0 aromatic heterocycles. The lowest BCUT2D eigenvalue weighted by molar-refractivity contribution is 0.0791. The average molecular weight is 333 g/mol. The van der Waals surface area contributed by atoms with Gasteiger partial charge in [0.1, 0.15) is 0 Å². The monoisotopic (exact) mass is 331 g/mol. The summed E-state index contributed by atoms with van der Waals surface area (Å²) in [5, 5.41) is 0. The van der Waals surface area contributed by atoms with Crippen LogP contribution in [0.25, 0.3) is 0 Å². The third-order valence-corrected chi connectivity index (χ3v) is 3.78. The van der Waals surface area contributed by atoms with Crippen LogP contribution in [-0.2, 0) is 0 Å². The highest BCUT2D eigenvalue weighted by Crippen LogP contribution is 2.19. The highest BCUT2D eigenvalue weighted by Gasteiger charge is 2.14. The number of aryl methyl sites for hydroxylation is 1. The smallest absolute Gasteiger partial charge is 0.254 e. The number of halogens is 2. The Labute approximate surface area is 122 Å². The van der Waals surface area contributed by atoms with Gasteiger partial charge in [0.15, 0.2) is 0 Å². The predicted molar refractivity (Wildman–Crippen MR) is 80.4 cm³/mol. The molecule has 0 N–H and O–H groups in total. The molecule has 0 saturated carbocycles. The predicted octanol–water partition coefficient (Wildman–Crippen LogP) is 4.24. The highest BCUT2D eigenvalue weighted by atomic mass is 79.9. The van der Waals surface area contributed by atoms with E-state index in [4.69, 9.17) is 11.6 Å². The molecule has 0 saturated heterocycles. The normalized spacial score (nSPS) is 10.4. The van der Waals surface area contributed by atoms with Crippen molar-refractivity contribution in [2.24, 2.45) is 0 Å². The quantitative estimate of drug-likeness (QED) is 0.563. The summed E-state index contributed by atoms with van der Waals surface area (Å²) in [6.07, 6.45) is 3.08. The Morgan fingerprint density at radius 3 is 2.72 bits per heavy atom. The second-order valence-electron chi connectivity index (χ2n) is 4.46. The third-order valence-electron chi connectivity index (χ3n) is 2.83.